The smallest absolute Gasteiger partial charge is 0.271 e. The van der Waals surface area contributed by atoms with Crippen molar-refractivity contribution in [2.24, 2.45) is 5.10 Å². The summed E-state index contributed by atoms with van der Waals surface area (Å²) >= 11 is 0. The minimum atomic E-state index is -0.262. The van der Waals surface area contributed by atoms with E-state index in [4.69, 9.17) is 9.47 Å². The van der Waals surface area contributed by atoms with Gasteiger partial charge in [-0.3, -0.25) is 4.79 Å². The lowest BCUT2D eigenvalue weighted by atomic mass is 10.2. The largest absolute Gasteiger partial charge is 0.493 e. The first-order valence-electron chi connectivity index (χ1n) is 8.90. The van der Waals surface area contributed by atoms with Crippen LogP contribution in [0.5, 0.6) is 11.5 Å². The minimum absolute atomic E-state index is 0.262. The van der Waals surface area contributed by atoms with Crippen molar-refractivity contribution in [2.45, 2.75) is 13.5 Å². The first-order valence-corrected chi connectivity index (χ1v) is 8.90. The van der Waals surface area contributed by atoms with Gasteiger partial charge in [0.2, 0.25) is 0 Å². The maximum Gasteiger partial charge on any atom is 0.271 e. The summed E-state index contributed by atoms with van der Waals surface area (Å²) in [5, 5.41) is 4.00. The number of hydrogen-bond acceptors (Lipinski definition) is 4. The summed E-state index contributed by atoms with van der Waals surface area (Å²) in [6.45, 7) is 2.51. The molecule has 5 nitrogen and oxygen atoms in total. The number of hydrazone groups is 1. The molecule has 0 aliphatic rings. The van der Waals surface area contributed by atoms with Crippen LogP contribution in [-0.4, -0.2) is 19.2 Å². The molecule has 0 unspecified atom stereocenters. The molecule has 0 spiro atoms. The van der Waals surface area contributed by atoms with Crippen LogP contribution in [0, 0.1) is 6.92 Å². The van der Waals surface area contributed by atoms with E-state index in [9.17, 15) is 4.79 Å². The first kappa shape index (κ1) is 19.2. The molecule has 0 radical (unpaired) electrons. The van der Waals surface area contributed by atoms with Crippen molar-refractivity contribution in [1.29, 1.82) is 0 Å². The summed E-state index contributed by atoms with van der Waals surface area (Å²) in [6.07, 6.45) is 1.56. The van der Waals surface area contributed by atoms with Crippen LogP contribution < -0.4 is 14.9 Å². The van der Waals surface area contributed by atoms with Crippen molar-refractivity contribution in [2.75, 3.05) is 7.11 Å². The lowest BCUT2D eigenvalue weighted by Crippen LogP contribution is -2.17. The summed E-state index contributed by atoms with van der Waals surface area (Å²) in [6, 6.07) is 22.6. The maximum atomic E-state index is 12.0. The van der Waals surface area contributed by atoms with Crippen molar-refractivity contribution in [1.82, 2.24) is 5.43 Å². The highest BCUT2D eigenvalue weighted by atomic mass is 16.5. The van der Waals surface area contributed by atoms with E-state index < -0.39 is 0 Å². The van der Waals surface area contributed by atoms with Gasteiger partial charge in [-0.1, -0.05) is 48.0 Å². The minimum Gasteiger partial charge on any atom is -0.493 e. The monoisotopic (exact) mass is 374 g/mol. The molecule has 1 N–H and O–H groups in total. The van der Waals surface area contributed by atoms with E-state index in [1.807, 2.05) is 36.4 Å². The van der Waals surface area contributed by atoms with Crippen molar-refractivity contribution in [3.8, 4) is 11.5 Å². The second-order valence-corrected chi connectivity index (χ2v) is 6.25. The number of nitrogens with one attached hydrogen (secondary N) is 1. The van der Waals surface area contributed by atoms with Gasteiger partial charge in [-0.2, -0.15) is 5.10 Å². The fourth-order valence-corrected chi connectivity index (χ4v) is 2.55. The average molecular weight is 374 g/mol. The van der Waals surface area contributed by atoms with Crippen LogP contribution in [0.15, 0.2) is 77.9 Å². The standard InChI is InChI=1S/C23H22N2O3/c1-17-8-10-18(11-9-17)16-28-21-13-12-19(14-22(21)27-2)15-24-25-23(26)20-6-4-3-5-7-20/h3-15H,16H2,1-2H3,(H,25,26)/b24-15-. The lowest BCUT2D eigenvalue weighted by Gasteiger charge is -2.11. The third-order valence-corrected chi connectivity index (χ3v) is 4.12. The van der Waals surface area contributed by atoms with Crippen LogP contribution in [0.25, 0.3) is 0 Å². The molecule has 0 heterocycles. The fourth-order valence-electron chi connectivity index (χ4n) is 2.55. The van der Waals surface area contributed by atoms with E-state index in [1.54, 1.807) is 37.6 Å². The molecular formula is C23H22N2O3. The van der Waals surface area contributed by atoms with Crippen LogP contribution in [0.4, 0.5) is 0 Å². The number of amides is 1. The van der Waals surface area contributed by atoms with Crippen LogP contribution in [-0.2, 0) is 6.61 Å². The van der Waals surface area contributed by atoms with Gasteiger partial charge in [-0.25, -0.2) is 5.43 Å². The number of benzene rings is 3. The molecule has 1 amide bonds. The molecule has 5 heteroatoms. The molecule has 3 aromatic rings. The highest BCUT2D eigenvalue weighted by Gasteiger charge is 2.06. The van der Waals surface area contributed by atoms with Crippen LogP contribution in [0.2, 0.25) is 0 Å². The fraction of sp³-hybridized carbons (Fsp3) is 0.130. The highest BCUT2D eigenvalue weighted by Crippen LogP contribution is 2.28. The second-order valence-electron chi connectivity index (χ2n) is 6.25. The number of methoxy groups -OCH3 is 1. The zero-order valence-electron chi connectivity index (χ0n) is 15.9. The summed E-state index contributed by atoms with van der Waals surface area (Å²) < 4.78 is 11.3. The van der Waals surface area contributed by atoms with Crippen molar-refractivity contribution < 1.29 is 14.3 Å². The van der Waals surface area contributed by atoms with Gasteiger partial charge in [-0.05, 0) is 48.4 Å². The van der Waals surface area contributed by atoms with Gasteiger partial charge in [0, 0.05) is 5.56 Å². The Labute approximate surface area is 164 Å². The SMILES string of the molecule is COc1cc(/C=N\NC(=O)c2ccccc2)ccc1OCc1ccc(C)cc1. The molecule has 0 bridgehead atoms. The molecule has 28 heavy (non-hydrogen) atoms. The number of rotatable bonds is 7. The molecule has 0 saturated carbocycles. The first-order chi connectivity index (χ1) is 13.7. The van der Waals surface area contributed by atoms with E-state index in [1.165, 1.54) is 5.56 Å². The van der Waals surface area contributed by atoms with Crippen LogP contribution >= 0.6 is 0 Å². The van der Waals surface area contributed by atoms with Gasteiger partial charge in [-0.15, -0.1) is 0 Å². The molecule has 0 atom stereocenters. The van der Waals surface area contributed by atoms with E-state index in [2.05, 4.69) is 29.6 Å². The third kappa shape index (κ3) is 5.20. The van der Waals surface area contributed by atoms with E-state index in [0.717, 1.165) is 11.1 Å². The van der Waals surface area contributed by atoms with Crippen molar-refractivity contribution >= 4 is 12.1 Å². The summed E-state index contributed by atoms with van der Waals surface area (Å²) in [7, 11) is 1.59. The van der Waals surface area contributed by atoms with Crippen LogP contribution in [0.3, 0.4) is 0 Å². The van der Waals surface area contributed by atoms with Gasteiger partial charge >= 0.3 is 0 Å². The quantitative estimate of drug-likeness (QED) is 0.494. The topological polar surface area (TPSA) is 59.9 Å². The molecule has 0 aliphatic heterocycles. The highest BCUT2D eigenvalue weighted by molar-refractivity contribution is 5.94. The van der Waals surface area contributed by atoms with Crippen molar-refractivity contribution in [3.05, 3.63) is 95.1 Å². The Hall–Kier alpha value is -3.60. The number of carbonyl (C=O) groups is 1. The Kier molecular flexibility index (Phi) is 6.41. The Morgan fingerprint density at radius 2 is 1.75 bits per heavy atom. The number of nitrogens with zero attached hydrogens (tertiary/aromatic N) is 1. The van der Waals surface area contributed by atoms with Gasteiger partial charge in [0.1, 0.15) is 6.61 Å². The van der Waals surface area contributed by atoms with Crippen LogP contribution in [0.1, 0.15) is 27.0 Å². The van der Waals surface area contributed by atoms with Gasteiger partial charge in [0.15, 0.2) is 11.5 Å². The number of aryl methyl sites for hydroxylation is 1. The third-order valence-electron chi connectivity index (χ3n) is 4.12. The maximum absolute atomic E-state index is 12.0. The molecule has 0 aliphatic carbocycles. The molecule has 0 fully saturated rings. The Balaban J connectivity index is 1.62. The van der Waals surface area contributed by atoms with Gasteiger partial charge in [0.05, 0.1) is 13.3 Å². The zero-order valence-corrected chi connectivity index (χ0v) is 15.9. The Morgan fingerprint density at radius 3 is 2.46 bits per heavy atom. The normalized spacial score (nSPS) is 10.6. The predicted molar refractivity (Wildman–Crippen MR) is 110 cm³/mol. The molecule has 142 valence electrons. The van der Waals surface area contributed by atoms with Crippen molar-refractivity contribution in [3.63, 3.8) is 0 Å². The summed E-state index contributed by atoms with van der Waals surface area (Å²) in [5.74, 6) is 0.987. The zero-order chi connectivity index (χ0) is 19.8. The Bertz CT molecular complexity index is 951. The molecule has 0 saturated heterocycles. The van der Waals surface area contributed by atoms with E-state index in [-0.39, 0.29) is 5.91 Å². The number of carbonyl (C=O) groups excluding carboxylic acids is 1. The average Bonchev–Trinajstić information content (AvgIpc) is 2.74. The van der Waals surface area contributed by atoms with Gasteiger partial charge in [0.25, 0.3) is 5.91 Å². The Morgan fingerprint density at radius 1 is 1.00 bits per heavy atom. The summed E-state index contributed by atoms with van der Waals surface area (Å²) in [4.78, 5) is 12.0. The number of ether oxygens (including phenoxy) is 2. The van der Waals surface area contributed by atoms with E-state index in [0.29, 0.717) is 23.7 Å². The lowest BCUT2D eigenvalue weighted by molar-refractivity contribution is 0.0955. The predicted octanol–water partition coefficient (Wildman–Crippen LogP) is 4.35. The molecule has 3 rings (SSSR count). The van der Waals surface area contributed by atoms with E-state index >= 15 is 0 Å². The van der Waals surface area contributed by atoms with Gasteiger partial charge < -0.3 is 9.47 Å². The summed E-state index contributed by atoms with van der Waals surface area (Å²) in [5.41, 5.74) is 6.14. The number of hydrogen-bond donors (Lipinski definition) is 1. The molecule has 0 aromatic heterocycles. The molecular weight excluding hydrogens is 352 g/mol. The molecule has 3 aromatic carbocycles. The second kappa shape index (κ2) is 9.37.